The van der Waals surface area contributed by atoms with Gasteiger partial charge in [0.25, 0.3) is 0 Å². The van der Waals surface area contributed by atoms with Crippen molar-refractivity contribution in [2.45, 2.75) is 6.42 Å². The minimum absolute atomic E-state index is 0.00790. The molecule has 1 amide bonds. The molecule has 0 saturated carbocycles. The fraction of sp³-hybridized carbons (Fsp3) is 0.455. The first kappa shape index (κ1) is 12.6. The molecule has 16 heavy (non-hydrogen) atoms. The van der Waals surface area contributed by atoms with Gasteiger partial charge in [0.1, 0.15) is 6.61 Å². The van der Waals surface area contributed by atoms with E-state index in [0.717, 1.165) is 19.5 Å². The molecule has 0 aliphatic carbocycles. The molecule has 1 aromatic rings. The van der Waals surface area contributed by atoms with Crippen molar-refractivity contribution in [2.75, 3.05) is 26.3 Å². The predicted molar refractivity (Wildman–Crippen MR) is 60.8 cm³/mol. The minimum atomic E-state index is -0.434. The summed E-state index contributed by atoms with van der Waals surface area (Å²) in [6, 6.07) is 3.98. The minimum Gasteiger partial charge on any atom is -0.370 e. The SMILES string of the molecule is NC(=O)COCCNCCc1ccncc1. The Morgan fingerprint density at radius 2 is 2.12 bits per heavy atom. The van der Waals surface area contributed by atoms with Crippen LogP contribution in [0.4, 0.5) is 0 Å². The van der Waals surface area contributed by atoms with E-state index in [2.05, 4.69) is 10.3 Å². The smallest absolute Gasteiger partial charge is 0.243 e. The summed E-state index contributed by atoms with van der Waals surface area (Å²) in [4.78, 5) is 14.3. The monoisotopic (exact) mass is 223 g/mol. The van der Waals surface area contributed by atoms with E-state index in [1.165, 1.54) is 5.56 Å². The van der Waals surface area contributed by atoms with E-state index < -0.39 is 5.91 Å². The van der Waals surface area contributed by atoms with Gasteiger partial charge in [-0.3, -0.25) is 9.78 Å². The van der Waals surface area contributed by atoms with Crippen LogP contribution in [-0.2, 0) is 16.0 Å². The summed E-state index contributed by atoms with van der Waals surface area (Å²) in [5.41, 5.74) is 6.17. The van der Waals surface area contributed by atoms with Crippen LogP contribution in [0.3, 0.4) is 0 Å². The fourth-order valence-electron chi connectivity index (χ4n) is 1.22. The van der Waals surface area contributed by atoms with Gasteiger partial charge in [-0.15, -0.1) is 0 Å². The number of hydrogen-bond donors (Lipinski definition) is 2. The van der Waals surface area contributed by atoms with Crippen LogP contribution >= 0.6 is 0 Å². The number of primary amides is 1. The van der Waals surface area contributed by atoms with Crippen molar-refractivity contribution in [3.8, 4) is 0 Å². The standard InChI is InChI=1S/C11H17N3O2/c12-11(15)9-16-8-7-14-6-3-10-1-4-13-5-2-10/h1-2,4-5,14H,3,6-9H2,(H2,12,15). The number of pyridine rings is 1. The van der Waals surface area contributed by atoms with Crippen LogP contribution in [0.1, 0.15) is 5.56 Å². The Morgan fingerprint density at radius 1 is 1.38 bits per heavy atom. The lowest BCUT2D eigenvalue weighted by Gasteiger charge is -2.04. The number of aromatic nitrogens is 1. The first-order valence-electron chi connectivity index (χ1n) is 5.24. The van der Waals surface area contributed by atoms with Crippen molar-refractivity contribution < 1.29 is 9.53 Å². The molecular weight excluding hydrogens is 206 g/mol. The maximum atomic E-state index is 10.3. The molecule has 5 heteroatoms. The highest BCUT2D eigenvalue weighted by molar-refractivity contribution is 5.74. The predicted octanol–water partition coefficient (Wildman–Crippen LogP) is -0.284. The summed E-state index contributed by atoms with van der Waals surface area (Å²) in [6.07, 6.45) is 4.52. The van der Waals surface area contributed by atoms with Crippen LogP contribution in [0.2, 0.25) is 0 Å². The van der Waals surface area contributed by atoms with Crippen molar-refractivity contribution in [3.05, 3.63) is 30.1 Å². The Labute approximate surface area is 95.0 Å². The highest BCUT2D eigenvalue weighted by atomic mass is 16.5. The topological polar surface area (TPSA) is 77.2 Å². The molecule has 3 N–H and O–H groups in total. The van der Waals surface area contributed by atoms with Crippen LogP contribution < -0.4 is 11.1 Å². The number of nitrogens with zero attached hydrogens (tertiary/aromatic N) is 1. The molecular formula is C11H17N3O2. The van der Waals surface area contributed by atoms with Crippen LogP contribution in [0.25, 0.3) is 0 Å². The zero-order chi connectivity index (χ0) is 11.6. The van der Waals surface area contributed by atoms with Gasteiger partial charge in [-0.25, -0.2) is 0 Å². The van der Waals surface area contributed by atoms with E-state index in [0.29, 0.717) is 6.61 Å². The zero-order valence-electron chi connectivity index (χ0n) is 9.19. The van der Waals surface area contributed by atoms with Crippen molar-refractivity contribution in [1.82, 2.24) is 10.3 Å². The third-order valence-electron chi connectivity index (χ3n) is 2.01. The summed E-state index contributed by atoms with van der Waals surface area (Å²) in [5.74, 6) is -0.434. The number of rotatable bonds is 8. The Balaban J connectivity index is 1.94. The third kappa shape index (κ3) is 6.10. The maximum Gasteiger partial charge on any atom is 0.243 e. The lowest BCUT2D eigenvalue weighted by molar-refractivity contribution is -0.122. The molecule has 0 bridgehead atoms. The van der Waals surface area contributed by atoms with Crippen molar-refractivity contribution in [2.24, 2.45) is 5.73 Å². The van der Waals surface area contributed by atoms with E-state index >= 15 is 0 Å². The Bertz CT molecular complexity index is 303. The molecule has 5 nitrogen and oxygen atoms in total. The number of nitrogens with one attached hydrogen (secondary N) is 1. The second-order valence-electron chi connectivity index (χ2n) is 3.37. The van der Waals surface area contributed by atoms with E-state index in [9.17, 15) is 4.79 Å². The normalized spacial score (nSPS) is 10.2. The first-order chi connectivity index (χ1) is 7.79. The quantitative estimate of drug-likeness (QED) is 0.594. The largest absolute Gasteiger partial charge is 0.370 e. The molecule has 0 spiro atoms. The molecule has 88 valence electrons. The van der Waals surface area contributed by atoms with E-state index in [-0.39, 0.29) is 6.61 Å². The summed E-state index contributed by atoms with van der Waals surface area (Å²) >= 11 is 0. The van der Waals surface area contributed by atoms with E-state index in [1.54, 1.807) is 12.4 Å². The summed E-state index contributed by atoms with van der Waals surface area (Å²) < 4.78 is 5.00. The van der Waals surface area contributed by atoms with Crippen LogP contribution in [0.5, 0.6) is 0 Å². The Morgan fingerprint density at radius 3 is 2.81 bits per heavy atom. The highest BCUT2D eigenvalue weighted by Gasteiger charge is 1.94. The Kier molecular flexibility index (Phi) is 6.13. The first-order valence-corrected chi connectivity index (χ1v) is 5.24. The molecule has 0 radical (unpaired) electrons. The fourth-order valence-corrected chi connectivity index (χ4v) is 1.22. The second kappa shape index (κ2) is 7.78. The molecule has 0 aliphatic heterocycles. The molecule has 1 rings (SSSR count). The van der Waals surface area contributed by atoms with Gasteiger partial charge in [0.05, 0.1) is 6.61 Å². The molecule has 0 aromatic carbocycles. The molecule has 0 saturated heterocycles. The number of nitrogens with two attached hydrogens (primary N) is 1. The van der Waals surface area contributed by atoms with Crippen LogP contribution in [0, 0.1) is 0 Å². The van der Waals surface area contributed by atoms with E-state index in [4.69, 9.17) is 10.5 Å². The van der Waals surface area contributed by atoms with Gasteiger partial charge in [0.15, 0.2) is 0 Å². The summed E-state index contributed by atoms with van der Waals surface area (Å²) in [7, 11) is 0. The highest BCUT2D eigenvalue weighted by Crippen LogP contribution is 1.95. The molecule has 1 heterocycles. The van der Waals surface area contributed by atoms with Crippen molar-refractivity contribution in [1.29, 1.82) is 0 Å². The van der Waals surface area contributed by atoms with E-state index in [1.807, 2.05) is 12.1 Å². The zero-order valence-corrected chi connectivity index (χ0v) is 9.19. The van der Waals surface area contributed by atoms with Gasteiger partial charge in [-0.05, 0) is 30.7 Å². The molecule has 0 atom stereocenters. The molecule has 0 unspecified atom stereocenters. The second-order valence-corrected chi connectivity index (χ2v) is 3.37. The van der Waals surface area contributed by atoms with Crippen LogP contribution in [0.15, 0.2) is 24.5 Å². The average Bonchev–Trinajstić information content (AvgIpc) is 2.29. The maximum absolute atomic E-state index is 10.3. The number of amides is 1. The van der Waals surface area contributed by atoms with Gasteiger partial charge in [0.2, 0.25) is 5.91 Å². The van der Waals surface area contributed by atoms with Crippen LogP contribution in [-0.4, -0.2) is 37.2 Å². The van der Waals surface area contributed by atoms with Gasteiger partial charge in [-0.2, -0.15) is 0 Å². The number of carbonyl (C=O) groups excluding carboxylic acids is 1. The van der Waals surface area contributed by atoms with Gasteiger partial charge in [0, 0.05) is 18.9 Å². The number of ether oxygens (including phenoxy) is 1. The number of hydrogen-bond acceptors (Lipinski definition) is 4. The van der Waals surface area contributed by atoms with Gasteiger partial charge < -0.3 is 15.8 Å². The van der Waals surface area contributed by atoms with Crippen molar-refractivity contribution in [3.63, 3.8) is 0 Å². The molecule has 1 aromatic heterocycles. The average molecular weight is 223 g/mol. The molecule has 0 aliphatic rings. The summed E-state index contributed by atoms with van der Waals surface area (Å²) in [5, 5.41) is 3.21. The molecule has 0 fully saturated rings. The lowest BCUT2D eigenvalue weighted by atomic mass is 10.2. The van der Waals surface area contributed by atoms with Gasteiger partial charge in [-0.1, -0.05) is 0 Å². The lowest BCUT2D eigenvalue weighted by Crippen LogP contribution is -2.25. The summed E-state index contributed by atoms with van der Waals surface area (Å²) in [6.45, 7) is 2.09. The Hall–Kier alpha value is -1.46. The van der Waals surface area contributed by atoms with Crippen molar-refractivity contribution >= 4 is 5.91 Å². The number of carbonyl (C=O) groups is 1. The third-order valence-corrected chi connectivity index (χ3v) is 2.01. The van der Waals surface area contributed by atoms with Gasteiger partial charge >= 0.3 is 0 Å².